The molecule has 1 heterocycles. The van der Waals surface area contributed by atoms with Crippen molar-refractivity contribution in [2.24, 2.45) is 0 Å². The van der Waals surface area contributed by atoms with Crippen LogP contribution in [-0.2, 0) is 9.53 Å². The lowest BCUT2D eigenvalue weighted by Gasteiger charge is -2.29. The van der Waals surface area contributed by atoms with E-state index in [9.17, 15) is 4.79 Å². The molecule has 0 aliphatic carbocycles. The van der Waals surface area contributed by atoms with E-state index in [1.165, 1.54) is 0 Å². The van der Waals surface area contributed by atoms with Crippen molar-refractivity contribution in [1.82, 2.24) is 9.80 Å². The summed E-state index contributed by atoms with van der Waals surface area (Å²) in [4.78, 5) is 15.3. The lowest BCUT2D eigenvalue weighted by Crippen LogP contribution is -2.39. The van der Waals surface area contributed by atoms with Crippen molar-refractivity contribution in [3.05, 3.63) is 0 Å². The molecule has 5 heteroatoms. The molecule has 1 fully saturated rings. The Bertz CT molecular complexity index is 240. The number of morpholine rings is 1. The quantitative estimate of drug-likeness (QED) is 0.701. The fourth-order valence-corrected chi connectivity index (χ4v) is 2.19. The van der Waals surface area contributed by atoms with Crippen LogP contribution in [0, 0.1) is 0 Å². The molecule has 1 N–H and O–H groups in total. The Morgan fingerprint density at radius 3 is 2.56 bits per heavy atom. The van der Waals surface area contributed by atoms with Gasteiger partial charge in [-0.25, -0.2) is 0 Å². The van der Waals surface area contributed by atoms with Gasteiger partial charge in [0, 0.05) is 25.7 Å². The highest BCUT2D eigenvalue weighted by molar-refractivity contribution is 5.66. The normalized spacial score (nSPS) is 17.6. The average Bonchev–Trinajstić information content (AvgIpc) is 2.34. The molecule has 0 bridgehead atoms. The van der Waals surface area contributed by atoms with Crippen molar-refractivity contribution in [3.8, 4) is 0 Å². The van der Waals surface area contributed by atoms with Crippen molar-refractivity contribution in [2.45, 2.75) is 32.7 Å². The van der Waals surface area contributed by atoms with Crippen LogP contribution in [0.3, 0.4) is 0 Å². The summed E-state index contributed by atoms with van der Waals surface area (Å²) in [7, 11) is 0. The number of carbonyl (C=O) groups is 1. The molecular formula is C13H26N2O3. The van der Waals surface area contributed by atoms with Gasteiger partial charge >= 0.3 is 5.97 Å². The molecule has 1 aliphatic rings. The standard InChI is InChI=1S/C13H26N2O3/c1-12(2)15(7-4-13(16)17)6-3-5-14-8-10-18-11-9-14/h12H,3-11H2,1-2H3,(H,16,17). The van der Waals surface area contributed by atoms with Crippen molar-refractivity contribution in [2.75, 3.05) is 45.9 Å². The van der Waals surface area contributed by atoms with Crippen LogP contribution in [0.4, 0.5) is 0 Å². The summed E-state index contributed by atoms with van der Waals surface area (Å²) < 4.78 is 5.31. The Balaban J connectivity index is 2.17. The zero-order valence-electron chi connectivity index (χ0n) is 11.6. The molecule has 0 unspecified atom stereocenters. The van der Waals surface area contributed by atoms with Crippen molar-refractivity contribution in [3.63, 3.8) is 0 Å². The highest BCUT2D eigenvalue weighted by atomic mass is 16.5. The molecule has 0 aromatic rings. The first-order valence-electron chi connectivity index (χ1n) is 6.85. The van der Waals surface area contributed by atoms with E-state index >= 15 is 0 Å². The highest BCUT2D eigenvalue weighted by Crippen LogP contribution is 2.04. The minimum absolute atomic E-state index is 0.232. The fraction of sp³-hybridized carbons (Fsp3) is 0.923. The molecule has 0 spiro atoms. The summed E-state index contributed by atoms with van der Waals surface area (Å²) in [6, 6.07) is 0.411. The lowest BCUT2D eigenvalue weighted by atomic mass is 10.2. The molecule has 0 saturated carbocycles. The lowest BCUT2D eigenvalue weighted by molar-refractivity contribution is -0.137. The number of hydrogen-bond acceptors (Lipinski definition) is 4. The van der Waals surface area contributed by atoms with Gasteiger partial charge in [-0.15, -0.1) is 0 Å². The first-order chi connectivity index (χ1) is 8.59. The zero-order valence-corrected chi connectivity index (χ0v) is 11.6. The van der Waals surface area contributed by atoms with Crippen LogP contribution in [0.1, 0.15) is 26.7 Å². The topological polar surface area (TPSA) is 53.0 Å². The molecule has 106 valence electrons. The molecule has 1 saturated heterocycles. The fourth-order valence-electron chi connectivity index (χ4n) is 2.19. The van der Waals surface area contributed by atoms with E-state index < -0.39 is 5.97 Å². The Hall–Kier alpha value is -0.650. The van der Waals surface area contributed by atoms with Gasteiger partial charge in [0.15, 0.2) is 0 Å². The average molecular weight is 258 g/mol. The molecule has 0 aromatic carbocycles. The number of carboxylic acids is 1. The van der Waals surface area contributed by atoms with Gasteiger partial charge in [0.1, 0.15) is 0 Å². The maximum atomic E-state index is 10.6. The van der Waals surface area contributed by atoms with Crippen LogP contribution in [-0.4, -0.2) is 72.9 Å². The SMILES string of the molecule is CC(C)N(CCCN1CCOCC1)CCC(=O)O. The maximum absolute atomic E-state index is 10.6. The minimum Gasteiger partial charge on any atom is -0.481 e. The van der Waals surface area contributed by atoms with E-state index in [2.05, 4.69) is 23.6 Å². The first-order valence-corrected chi connectivity index (χ1v) is 6.85. The van der Waals surface area contributed by atoms with Crippen LogP contribution in [0.15, 0.2) is 0 Å². The smallest absolute Gasteiger partial charge is 0.304 e. The number of rotatable bonds is 8. The predicted molar refractivity (Wildman–Crippen MR) is 70.8 cm³/mol. The van der Waals surface area contributed by atoms with Crippen molar-refractivity contribution in [1.29, 1.82) is 0 Å². The molecule has 18 heavy (non-hydrogen) atoms. The van der Waals surface area contributed by atoms with Gasteiger partial charge in [0.05, 0.1) is 19.6 Å². The number of carboxylic acid groups (broad SMARTS) is 1. The molecule has 1 aliphatic heterocycles. The summed E-state index contributed by atoms with van der Waals surface area (Å²) in [5.74, 6) is -0.714. The van der Waals surface area contributed by atoms with E-state index in [1.807, 2.05) is 0 Å². The van der Waals surface area contributed by atoms with Gasteiger partial charge in [-0.3, -0.25) is 9.69 Å². The van der Waals surface area contributed by atoms with E-state index in [0.29, 0.717) is 12.6 Å². The summed E-state index contributed by atoms with van der Waals surface area (Å²) in [6.07, 6.45) is 1.33. The van der Waals surface area contributed by atoms with Gasteiger partial charge in [-0.1, -0.05) is 0 Å². The molecular weight excluding hydrogens is 232 g/mol. The maximum Gasteiger partial charge on any atom is 0.304 e. The molecule has 5 nitrogen and oxygen atoms in total. The third-order valence-corrected chi connectivity index (χ3v) is 3.37. The number of hydrogen-bond donors (Lipinski definition) is 1. The Labute approximate surface area is 110 Å². The second kappa shape index (κ2) is 8.45. The van der Waals surface area contributed by atoms with Crippen molar-refractivity contribution >= 4 is 5.97 Å². The second-order valence-electron chi connectivity index (χ2n) is 5.08. The summed E-state index contributed by atoms with van der Waals surface area (Å²) in [5, 5.41) is 8.72. The van der Waals surface area contributed by atoms with E-state index in [1.54, 1.807) is 0 Å². The Morgan fingerprint density at radius 2 is 2.00 bits per heavy atom. The van der Waals surface area contributed by atoms with Gasteiger partial charge in [0.25, 0.3) is 0 Å². The van der Waals surface area contributed by atoms with E-state index in [-0.39, 0.29) is 6.42 Å². The van der Waals surface area contributed by atoms with Crippen molar-refractivity contribution < 1.29 is 14.6 Å². The number of aliphatic carboxylic acids is 1. The van der Waals surface area contributed by atoms with Crippen LogP contribution < -0.4 is 0 Å². The third kappa shape index (κ3) is 6.33. The van der Waals surface area contributed by atoms with Crippen LogP contribution in [0.5, 0.6) is 0 Å². The van der Waals surface area contributed by atoms with Crippen LogP contribution in [0.2, 0.25) is 0 Å². The molecule has 1 rings (SSSR count). The molecule has 0 radical (unpaired) electrons. The second-order valence-corrected chi connectivity index (χ2v) is 5.08. The zero-order chi connectivity index (χ0) is 13.4. The van der Waals surface area contributed by atoms with Gasteiger partial charge in [-0.2, -0.15) is 0 Å². The monoisotopic (exact) mass is 258 g/mol. The highest BCUT2D eigenvalue weighted by Gasteiger charge is 2.13. The van der Waals surface area contributed by atoms with Gasteiger partial charge < -0.3 is 14.7 Å². The Morgan fingerprint density at radius 1 is 1.33 bits per heavy atom. The largest absolute Gasteiger partial charge is 0.481 e. The van der Waals surface area contributed by atoms with Crippen LogP contribution >= 0.6 is 0 Å². The molecule has 0 amide bonds. The summed E-state index contributed by atoms with van der Waals surface area (Å²) in [5.41, 5.74) is 0. The summed E-state index contributed by atoms with van der Waals surface area (Å²) >= 11 is 0. The molecule has 0 aromatic heterocycles. The minimum atomic E-state index is -0.714. The number of nitrogens with zero attached hydrogens (tertiary/aromatic N) is 2. The van der Waals surface area contributed by atoms with E-state index in [0.717, 1.165) is 45.8 Å². The van der Waals surface area contributed by atoms with Gasteiger partial charge in [0.2, 0.25) is 0 Å². The Kier molecular flexibility index (Phi) is 7.23. The number of ether oxygens (including phenoxy) is 1. The first kappa shape index (κ1) is 15.4. The summed E-state index contributed by atoms with van der Waals surface area (Å²) in [6.45, 7) is 10.7. The van der Waals surface area contributed by atoms with Gasteiger partial charge in [-0.05, 0) is 33.4 Å². The van der Waals surface area contributed by atoms with Crippen LogP contribution in [0.25, 0.3) is 0 Å². The van der Waals surface area contributed by atoms with E-state index in [4.69, 9.17) is 9.84 Å². The molecule has 0 atom stereocenters. The predicted octanol–water partition coefficient (Wildman–Crippen LogP) is 0.894. The third-order valence-electron chi connectivity index (χ3n) is 3.37.